The molecule has 7 heteroatoms. The molecule has 0 atom stereocenters. The van der Waals surface area contributed by atoms with Crippen LogP contribution in [0.3, 0.4) is 0 Å². The molecule has 0 radical (unpaired) electrons. The number of benzene rings is 2. The number of phenolic OH excluding ortho intramolecular Hbond substituents is 4. The lowest BCUT2D eigenvalue weighted by Crippen LogP contribution is -2.17. The molecule has 21 heavy (non-hydrogen) atoms. The number of amides is 1. The first-order valence-electron chi connectivity index (χ1n) is 5.85. The van der Waals surface area contributed by atoms with Gasteiger partial charge in [-0.15, -0.1) is 0 Å². The van der Waals surface area contributed by atoms with Crippen LogP contribution in [0.2, 0.25) is 0 Å². The molecule has 0 bridgehead atoms. The van der Waals surface area contributed by atoms with E-state index in [9.17, 15) is 25.2 Å². The monoisotopic (exact) mass is 288 g/mol. The average molecular weight is 288 g/mol. The summed E-state index contributed by atoms with van der Waals surface area (Å²) in [5.74, 6) is -2.54. The maximum Gasteiger partial charge on any atom is 0.271 e. The third kappa shape index (κ3) is 3.41. The highest BCUT2D eigenvalue weighted by atomic mass is 16.3. The molecular weight excluding hydrogens is 276 g/mol. The Morgan fingerprint density at radius 3 is 2.33 bits per heavy atom. The van der Waals surface area contributed by atoms with Gasteiger partial charge in [0.1, 0.15) is 5.75 Å². The minimum Gasteiger partial charge on any atom is -0.508 e. The van der Waals surface area contributed by atoms with Gasteiger partial charge in [0.05, 0.1) is 6.21 Å². The fraction of sp³-hybridized carbons (Fsp3) is 0. The lowest BCUT2D eigenvalue weighted by Gasteiger charge is -2.04. The molecule has 0 saturated heterocycles. The molecule has 2 rings (SSSR count). The molecule has 0 aliphatic carbocycles. The zero-order valence-electron chi connectivity index (χ0n) is 10.7. The van der Waals surface area contributed by atoms with E-state index in [1.54, 1.807) is 12.1 Å². The van der Waals surface area contributed by atoms with Crippen molar-refractivity contribution in [3.63, 3.8) is 0 Å². The van der Waals surface area contributed by atoms with Gasteiger partial charge in [0, 0.05) is 5.56 Å². The Bertz CT molecular complexity index is 689. The summed E-state index contributed by atoms with van der Waals surface area (Å²) in [5, 5.41) is 40.7. The smallest absolute Gasteiger partial charge is 0.271 e. The van der Waals surface area contributed by atoms with Crippen molar-refractivity contribution in [1.82, 2.24) is 5.43 Å². The zero-order valence-corrected chi connectivity index (χ0v) is 10.7. The van der Waals surface area contributed by atoms with Crippen molar-refractivity contribution in [2.24, 2.45) is 5.10 Å². The van der Waals surface area contributed by atoms with E-state index in [2.05, 4.69) is 10.5 Å². The first-order valence-corrected chi connectivity index (χ1v) is 5.85. The molecule has 0 heterocycles. The number of hydrazone groups is 1. The van der Waals surface area contributed by atoms with Crippen LogP contribution in [-0.2, 0) is 0 Å². The van der Waals surface area contributed by atoms with E-state index in [1.165, 1.54) is 18.3 Å². The molecule has 0 aromatic heterocycles. The quantitative estimate of drug-likeness (QED) is 0.331. The first kappa shape index (κ1) is 14.2. The van der Waals surface area contributed by atoms with Gasteiger partial charge in [0.15, 0.2) is 17.2 Å². The van der Waals surface area contributed by atoms with Gasteiger partial charge in [-0.25, -0.2) is 5.43 Å². The maximum atomic E-state index is 11.7. The van der Waals surface area contributed by atoms with E-state index < -0.39 is 23.2 Å². The second kappa shape index (κ2) is 5.83. The molecule has 0 aliphatic heterocycles. The van der Waals surface area contributed by atoms with E-state index in [0.717, 1.165) is 12.1 Å². The number of hydrogen-bond donors (Lipinski definition) is 5. The number of phenols is 4. The van der Waals surface area contributed by atoms with Crippen molar-refractivity contribution in [1.29, 1.82) is 0 Å². The van der Waals surface area contributed by atoms with Crippen molar-refractivity contribution < 1.29 is 25.2 Å². The summed E-state index contributed by atoms with van der Waals surface area (Å²) in [5.41, 5.74) is 2.69. The minimum atomic E-state index is -0.699. The molecule has 5 N–H and O–H groups in total. The molecule has 2 aromatic rings. The largest absolute Gasteiger partial charge is 0.508 e. The number of carbonyl (C=O) groups excluding carboxylic acids is 1. The van der Waals surface area contributed by atoms with Crippen LogP contribution in [0, 0.1) is 0 Å². The van der Waals surface area contributed by atoms with Crippen LogP contribution in [0.25, 0.3) is 0 Å². The molecule has 0 fully saturated rings. The van der Waals surface area contributed by atoms with Crippen molar-refractivity contribution in [2.45, 2.75) is 0 Å². The van der Waals surface area contributed by atoms with Crippen LogP contribution < -0.4 is 5.43 Å². The van der Waals surface area contributed by atoms with Gasteiger partial charge in [-0.05, 0) is 29.8 Å². The molecule has 0 saturated carbocycles. The fourth-order valence-corrected chi connectivity index (χ4v) is 1.57. The van der Waals surface area contributed by atoms with Crippen LogP contribution in [0.4, 0.5) is 0 Å². The average Bonchev–Trinajstić information content (AvgIpc) is 2.44. The van der Waals surface area contributed by atoms with Gasteiger partial charge in [-0.1, -0.05) is 12.1 Å². The van der Waals surface area contributed by atoms with Crippen LogP contribution in [0.5, 0.6) is 23.0 Å². The highest BCUT2D eigenvalue weighted by molar-refractivity contribution is 5.96. The number of rotatable bonds is 3. The van der Waals surface area contributed by atoms with Crippen molar-refractivity contribution >= 4 is 12.1 Å². The van der Waals surface area contributed by atoms with Gasteiger partial charge in [0.25, 0.3) is 5.91 Å². The topological polar surface area (TPSA) is 122 Å². The van der Waals surface area contributed by atoms with Gasteiger partial charge in [-0.3, -0.25) is 4.79 Å². The van der Waals surface area contributed by atoms with Crippen LogP contribution in [-0.4, -0.2) is 32.5 Å². The lowest BCUT2D eigenvalue weighted by molar-refractivity contribution is 0.0954. The summed E-state index contributed by atoms with van der Waals surface area (Å²) in [6, 6.07) is 8.23. The van der Waals surface area contributed by atoms with Crippen LogP contribution >= 0.6 is 0 Å². The summed E-state index contributed by atoms with van der Waals surface area (Å²) in [6.45, 7) is 0. The molecular formula is C14H12N2O5. The van der Waals surface area contributed by atoms with Gasteiger partial charge >= 0.3 is 0 Å². The van der Waals surface area contributed by atoms with E-state index in [-0.39, 0.29) is 11.3 Å². The lowest BCUT2D eigenvalue weighted by atomic mass is 10.2. The molecule has 0 spiro atoms. The van der Waals surface area contributed by atoms with Gasteiger partial charge < -0.3 is 20.4 Å². The fourth-order valence-electron chi connectivity index (χ4n) is 1.57. The van der Waals surface area contributed by atoms with Crippen LogP contribution in [0.1, 0.15) is 15.9 Å². The Morgan fingerprint density at radius 2 is 1.71 bits per heavy atom. The predicted molar refractivity (Wildman–Crippen MR) is 74.6 cm³/mol. The van der Waals surface area contributed by atoms with E-state index >= 15 is 0 Å². The second-order valence-electron chi connectivity index (χ2n) is 4.16. The first-order chi connectivity index (χ1) is 9.97. The predicted octanol–water partition coefficient (Wildman–Crippen LogP) is 1.27. The van der Waals surface area contributed by atoms with Crippen LogP contribution in [0.15, 0.2) is 41.5 Å². The minimum absolute atomic E-state index is 0.0682. The molecule has 0 unspecified atom stereocenters. The summed E-state index contributed by atoms with van der Waals surface area (Å²) in [6.07, 6.45) is 1.32. The number of aromatic hydroxyl groups is 4. The highest BCUT2D eigenvalue weighted by Gasteiger charge is 2.12. The Kier molecular flexibility index (Phi) is 3.94. The van der Waals surface area contributed by atoms with Crippen molar-refractivity contribution in [3.05, 3.63) is 47.5 Å². The Morgan fingerprint density at radius 1 is 1.05 bits per heavy atom. The summed E-state index contributed by atoms with van der Waals surface area (Å²) in [7, 11) is 0. The van der Waals surface area contributed by atoms with Gasteiger partial charge in [0.2, 0.25) is 0 Å². The Labute approximate surface area is 119 Å². The SMILES string of the molecule is O=C(NN=Cc1cccc(O)c1)c1cc(O)c(O)c(O)c1. The standard InChI is InChI=1S/C14H12N2O5/c17-10-3-1-2-8(4-10)7-15-16-14(21)9-5-11(18)13(20)12(19)6-9/h1-7,17-20H,(H,16,21). The normalized spacial score (nSPS) is 10.7. The number of hydrogen-bond acceptors (Lipinski definition) is 6. The molecule has 7 nitrogen and oxygen atoms in total. The zero-order chi connectivity index (χ0) is 15.4. The van der Waals surface area contributed by atoms with E-state index in [0.29, 0.717) is 5.56 Å². The van der Waals surface area contributed by atoms with Gasteiger partial charge in [-0.2, -0.15) is 5.10 Å². The number of nitrogens with zero attached hydrogens (tertiary/aromatic N) is 1. The van der Waals surface area contributed by atoms with Crippen molar-refractivity contribution in [2.75, 3.05) is 0 Å². The summed E-state index contributed by atoms with van der Waals surface area (Å²) >= 11 is 0. The highest BCUT2D eigenvalue weighted by Crippen LogP contribution is 2.35. The molecule has 108 valence electrons. The maximum absolute atomic E-state index is 11.7. The summed E-state index contributed by atoms with van der Waals surface area (Å²) in [4.78, 5) is 11.7. The second-order valence-corrected chi connectivity index (χ2v) is 4.16. The molecule has 2 aromatic carbocycles. The third-order valence-corrected chi connectivity index (χ3v) is 2.58. The summed E-state index contributed by atoms with van der Waals surface area (Å²) < 4.78 is 0. The number of nitrogens with one attached hydrogen (secondary N) is 1. The Balaban J connectivity index is 2.08. The Hall–Kier alpha value is -3.22. The van der Waals surface area contributed by atoms with Crippen molar-refractivity contribution in [3.8, 4) is 23.0 Å². The van der Waals surface area contributed by atoms with E-state index in [4.69, 9.17) is 0 Å². The van der Waals surface area contributed by atoms with E-state index in [1.807, 2.05) is 0 Å². The molecule has 0 aliphatic rings. The molecule has 1 amide bonds. The third-order valence-electron chi connectivity index (χ3n) is 2.58. The number of carbonyl (C=O) groups is 1.